The Morgan fingerprint density at radius 2 is 2.24 bits per heavy atom. The summed E-state index contributed by atoms with van der Waals surface area (Å²) in [4.78, 5) is 12.0. The Bertz CT molecular complexity index is 535. The minimum Gasteiger partial charge on any atom is -0.491 e. The number of hydrogen-bond donors (Lipinski definition) is 2. The quantitative estimate of drug-likeness (QED) is 0.800. The highest BCUT2D eigenvalue weighted by molar-refractivity contribution is 9.10. The highest BCUT2D eigenvalue weighted by Crippen LogP contribution is 2.36. The SMILES string of the molecule is CCOc1c(Br)cc(Cl)cc1NC(=O)COC1(C)CNC1. The van der Waals surface area contributed by atoms with Crippen molar-refractivity contribution in [1.29, 1.82) is 0 Å². The molecule has 1 fully saturated rings. The van der Waals surface area contributed by atoms with Gasteiger partial charge in [-0.25, -0.2) is 0 Å². The molecule has 2 N–H and O–H groups in total. The van der Waals surface area contributed by atoms with Crippen LogP contribution in [0.2, 0.25) is 5.02 Å². The van der Waals surface area contributed by atoms with Gasteiger partial charge < -0.3 is 20.1 Å². The first-order chi connectivity index (χ1) is 9.93. The summed E-state index contributed by atoms with van der Waals surface area (Å²) in [6.07, 6.45) is 0. The van der Waals surface area contributed by atoms with Crippen molar-refractivity contribution in [2.45, 2.75) is 19.4 Å². The van der Waals surface area contributed by atoms with Gasteiger partial charge in [0.15, 0.2) is 5.75 Å². The first-order valence-electron chi connectivity index (χ1n) is 6.70. The maximum Gasteiger partial charge on any atom is 0.250 e. The summed E-state index contributed by atoms with van der Waals surface area (Å²) in [6.45, 7) is 5.84. The molecule has 0 bridgehead atoms. The zero-order valence-corrected chi connectivity index (χ0v) is 14.3. The van der Waals surface area contributed by atoms with Gasteiger partial charge in [0.05, 0.1) is 22.4 Å². The standard InChI is InChI=1S/C14H18BrClN2O3/c1-3-20-13-10(15)4-9(16)5-11(13)18-12(19)6-21-14(2)7-17-8-14/h4-5,17H,3,6-8H2,1-2H3,(H,18,19). The lowest BCUT2D eigenvalue weighted by molar-refractivity contribution is -0.130. The molecular weight excluding hydrogens is 360 g/mol. The van der Waals surface area contributed by atoms with Crippen molar-refractivity contribution in [2.75, 3.05) is 31.6 Å². The third kappa shape index (κ3) is 4.32. The molecule has 1 aliphatic rings. The van der Waals surface area contributed by atoms with E-state index >= 15 is 0 Å². The second-order valence-corrected chi connectivity index (χ2v) is 6.38. The molecule has 1 aromatic carbocycles. The minimum atomic E-state index is -0.255. The molecule has 0 unspecified atom stereocenters. The maximum absolute atomic E-state index is 12.0. The van der Waals surface area contributed by atoms with Crippen LogP contribution >= 0.6 is 27.5 Å². The van der Waals surface area contributed by atoms with Crippen LogP contribution in [0.5, 0.6) is 5.75 Å². The Morgan fingerprint density at radius 3 is 2.81 bits per heavy atom. The second-order valence-electron chi connectivity index (χ2n) is 5.09. The predicted molar refractivity (Wildman–Crippen MR) is 86.2 cm³/mol. The monoisotopic (exact) mass is 376 g/mol. The van der Waals surface area contributed by atoms with E-state index in [9.17, 15) is 4.79 Å². The fourth-order valence-corrected chi connectivity index (χ4v) is 2.87. The molecule has 0 saturated carbocycles. The number of carbonyl (C=O) groups is 1. The number of hydrogen-bond acceptors (Lipinski definition) is 4. The van der Waals surface area contributed by atoms with Gasteiger partial charge in [-0.2, -0.15) is 0 Å². The van der Waals surface area contributed by atoms with Crippen LogP contribution < -0.4 is 15.4 Å². The third-order valence-electron chi connectivity index (χ3n) is 3.12. The normalized spacial score (nSPS) is 16.2. The summed E-state index contributed by atoms with van der Waals surface area (Å²) in [5.41, 5.74) is 0.274. The largest absolute Gasteiger partial charge is 0.491 e. The van der Waals surface area contributed by atoms with E-state index in [-0.39, 0.29) is 18.1 Å². The van der Waals surface area contributed by atoms with Gasteiger partial charge >= 0.3 is 0 Å². The summed E-state index contributed by atoms with van der Waals surface area (Å²) < 4.78 is 11.8. The molecule has 1 aromatic rings. The van der Waals surface area contributed by atoms with Crippen molar-refractivity contribution in [3.8, 4) is 5.75 Å². The zero-order valence-electron chi connectivity index (χ0n) is 12.0. The number of nitrogens with one attached hydrogen (secondary N) is 2. The number of benzene rings is 1. The van der Waals surface area contributed by atoms with Gasteiger partial charge in [0, 0.05) is 18.1 Å². The van der Waals surface area contributed by atoms with Crippen molar-refractivity contribution in [2.24, 2.45) is 0 Å². The van der Waals surface area contributed by atoms with Crippen LogP contribution in [0.3, 0.4) is 0 Å². The number of carbonyl (C=O) groups excluding carboxylic acids is 1. The molecule has 0 atom stereocenters. The first kappa shape index (κ1) is 16.5. The Labute approximate surface area is 137 Å². The van der Waals surface area contributed by atoms with Crippen molar-refractivity contribution in [1.82, 2.24) is 5.32 Å². The molecule has 0 spiro atoms. The molecule has 0 aliphatic carbocycles. The summed E-state index contributed by atoms with van der Waals surface area (Å²) in [5.74, 6) is 0.324. The molecule has 1 amide bonds. The van der Waals surface area contributed by atoms with Gasteiger partial charge in [0.25, 0.3) is 5.91 Å². The van der Waals surface area contributed by atoms with Gasteiger partial charge in [0.2, 0.25) is 0 Å². The summed E-state index contributed by atoms with van der Waals surface area (Å²) >= 11 is 9.39. The highest BCUT2D eigenvalue weighted by Gasteiger charge is 2.33. The maximum atomic E-state index is 12.0. The van der Waals surface area contributed by atoms with Gasteiger partial charge in [-0.1, -0.05) is 11.6 Å². The average molecular weight is 378 g/mol. The van der Waals surface area contributed by atoms with Crippen LogP contribution in [-0.2, 0) is 9.53 Å². The second kappa shape index (κ2) is 6.96. The molecule has 5 nitrogen and oxygen atoms in total. The number of ether oxygens (including phenoxy) is 2. The summed E-state index contributed by atoms with van der Waals surface area (Å²) in [5, 5.41) is 6.40. The van der Waals surface area contributed by atoms with Gasteiger partial charge in [-0.05, 0) is 41.9 Å². The third-order valence-corrected chi connectivity index (χ3v) is 3.93. The lowest BCUT2D eigenvalue weighted by Crippen LogP contribution is -2.59. The number of rotatable bonds is 6. The van der Waals surface area contributed by atoms with Crippen molar-refractivity contribution in [3.63, 3.8) is 0 Å². The average Bonchev–Trinajstić information content (AvgIpc) is 2.38. The van der Waals surface area contributed by atoms with E-state index in [1.54, 1.807) is 12.1 Å². The molecular formula is C14H18BrClN2O3. The van der Waals surface area contributed by atoms with Gasteiger partial charge in [0.1, 0.15) is 6.61 Å². The number of halogens is 2. The molecule has 0 radical (unpaired) electrons. The smallest absolute Gasteiger partial charge is 0.250 e. The Hall–Kier alpha value is -0.820. The Morgan fingerprint density at radius 1 is 1.52 bits per heavy atom. The topological polar surface area (TPSA) is 59.6 Å². The molecule has 1 aliphatic heterocycles. The fourth-order valence-electron chi connectivity index (χ4n) is 1.95. The van der Waals surface area contributed by atoms with Crippen LogP contribution in [0.1, 0.15) is 13.8 Å². The minimum absolute atomic E-state index is 0.00607. The molecule has 0 aromatic heterocycles. The fraction of sp³-hybridized carbons (Fsp3) is 0.500. The highest BCUT2D eigenvalue weighted by atomic mass is 79.9. The number of amides is 1. The molecule has 21 heavy (non-hydrogen) atoms. The Balaban J connectivity index is 2.02. The van der Waals surface area contributed by atoms with E-state index in [1.807, 2.05) is 13.8 Å². The predicted octanol–water partition coefficient (Wildman–Crippen LogP) is 2.82. The van der Waals surface area contributed by atoms with Crippen LogP contribution in [0, 0.1) is 0 Å². The van der Waals surface area contributed by atoms with Crippen LogP contribution in [0.25, 0.3) is 0 Å². The van der Waals surface area contributed by atoms with E-state index in [2.05, 4.69) is 26.6 Å². The lowest BCUT2D eigenvalue weighted by Gasteiger charge is -2.38. The molecule has 116 valence electrons. The molecule has 1 saturated heterocycles. The van der Waals surface area contributed by atoms with Gasteiger partial charge in [-0.15, -0.1) is 0 Å². The van der Waals surface area contributed by atoms with Crippen LogP contribution in [-0.4, -0.2) is 37.8 Å². The molecule has 1 heterocycles. The zero-order chi connectivity index (χ0) is 15.5. The summed E-state index contributed by atoms with van der Waals surface area (Å²) in [7, 11) is 0. The number of anilines is 1. The first-order valence-corrected chi connectivity index (χ1v) is 7.87. The van der Waals surface area contributed by atoms with Crippen molar-refractivity contribution < 1.29 is 14.3 Å². The van der Waals surface area contributed by atoms with Crippen molar-refractivity contribution in [3.05, 3.63) is 21.6 Å². The van der Waals surface area contributed by atoms with Crippen molar-refractivity contribution >= 4 is 39.1 Å². The summed E-state index contributed by atoms with van der Waals surface area (Å²) in [6, 6.07) is 3.38. The van der Waals surface area contributed by atoms with Crippen LogP contribution in [0.4, 0.5) is 5.69 Å². The van der Waals surface area contributed by atoms with E-state index in [4.69, 9.17) is 21.1 Å². The molecule has 2 rings (SSSR count). The van der Waals surface area contributed by atoms with Crippen LogP contribution in [0.15, 0.2) is 16.6 Å². The van der Waals surface area contributed by atoms with E-state index in [0.29, 0.717) is 27.5 Å². The van der Waals surface area contributed by atoms with E-state index in [0.717, 1.165) is 13.1 Å². The lowest BCUT2D eigenvalue weighted by atomic mass is 10.0. The molecule has 7 heteroatoms. The van der Waals surface area contributed by atoms with E-state index < -0.39 is 0 Å². The Kier molecular flexibility index (Phi) is 5.48. The van der Waals surface area contributed by atoms with Gasteiger partial charge in [-0.3, -0.25) is 4.79 Å². The van der Waals surface area contributed by atoms with E-state index in [1.165, 1.54) is 0 Å².